The third-order valence-electron chi connectivity index (χ3n) is 8.08. The van der Waals surface area contributed by atoms with Crippen LogP contribution in [0.4, 0.5) is 4.79 Å². The number of amides is 3. The summed E-state index contributed by atoms with van der Waals surface area (Å²) in [7, 11) is 0. The van der Waals surface area contributed by atoms with Gasteiger partial charge in [0.2, 0.25) is 5.91 Å². The van der Waals surface area contributed by atoms with Crippen LogP contribution in [0.5, 0.6) is 0 Å². The monoisotopic (exact) mass is 684 g/mol. The number of primary amides is 1. The maximum absolute atomic E-state index is 13.2. The Morgan fingerprint density at radius 2 is 1.90 bits per heavy atom. The Labute approximate surface area is 253 Å². The van der Waals surface area contributed by atoms with E-state index in [2.05, 4.69) is 58.0 Å². The summed E-state index contributed by atoms with van der Waals surface area (Å²) in [6.45, 7) is 9.99. The average molecular weight is 687 g/mol. The van der Waals surface area contributed by atoms with E-state index in [-0.39, 0.29) is 17.7 Å². The van der Waals surface area contributed by atoms with Crippen LogP contribution < -0.4 is 5.73 Å². The van der Waals surface area contributed by atoms with E-state index in [1.54, 1.807) is 0 Å². The topological polar surface area (TPSA) is 99.2 Å². The van der Waals surface area contributed by atoms with Crippen LogP contribution in [0.1, 0.15) is 62.5 Å². The smallest absolute Gasteiger partial charge is 0.316 e. The number of aliphatic imine (C=N–C) groups is 1. The minimum Gasteiger partial charge on any atom is -0.373 e. The van der Waals surface area contributed by atoms with Crippen molar-refractivity contribution in [2.45, 2.75) is 64.0 Å². The largest absolute Gasteiger partial charge is 0.373 e. The Bertz CT molecular complexity index is 1100. The standard InChI is InChI=1S/C27H35Br2ClN4O3.C2H4/c1-16-2-3-19-14-20(30)15-21(29)24(19)25(26(16)32-8-7-28)18-5-9-33(10-6-18)22(35)12-17-4-11-34(27(31)37)23(36)13-17;1-2/h8,14-15,17-18,23,25,36H,2-7,9-13H2,1H3,(H2,31,37);1-2H2. The molecule has 3 amide bonds. The molecule has 3 atom stereocenters. The van der Waals surface area contributed by atoms with Crippen molar-refractivity contribution in [3.05, 3.63) is 57.2 Å². The first kappa shape index (κ1) is 31.8. The van der Waals surface area contributed by atoms with Crippen molar-refractivity contribution in [3.8, 4) is 0 Å². The van der Waals surface area contributed by atoms with E-state index in [9.17, 15) is 14.7 Å². The van der Waals surface area contributed by atoms with Gasteiger partial charge in [0.25, 0.3) is 0 Å². The molecule has 214 valence electrons. The second-order valence-electron chi connectivity index (χ2n) is 10.4. The number of hydrogen-bond donors (Lipinski definition) is 2. The molecule has 0 radical (unpaired) electrons. The highest BCUT2D eigenvalue weighted by atomic mass is 79.9. The number of urea groups is 1. The number of hydrogen-bond acceptors (Lipinski definition) is 4. The van der Waals surface area contributed by atoms with Crippen molar-refractivity contribution >= 4 is 61.6 Å². The first-order valence-electron chi connectivity index (χ1n) is 13.5. The number of carbonyl (C=O) groups excluding carboxylic acids is 2. The number of nitrogens with zero attached hydrogens (tertiary/aromatic N) is 3. The van der Waals surface area contributed by atoms with Crippen molar-refractivity contribution in [2.24, 2.45) is 22.6 Å². The maximum atomic E-state index is 13.2. The molecule has 10 heteroatoms. The van der Waals surface area contributed by atoms with Crippen LogP contribution in [0.25, 0.3) is 0 Å². The first-order valence-corrected chi connectivity index (χ1v) is 15.8. The summed E-state index contributed by atoms with van der Waals surface area (Å²) in [5.74, 6) is 0.684. The molecule has 2 fully saturated rings. The highest BCUT2D eigenvalue weighted by molar-refractivity contribution is 9.10. The average Bonchev–Trinajstić information content (AvgIpc) is 3.05. The number of halogens is 3. The van der Waals surface area contributed by atoms with E-state index in [0.717, 1.165) is 40.9 Å². The molecule has 1 aliphatic carbocycles. The van der Waals surface area contributed by atoms with Gasteiger partial charge in [-0.25, -0.2) is 4.79 Å². The van der Waals surface area contributed by atoms with E-state index in [1.807, 2.05) is 17.2 Å². The number of nitrogens with two attached hydrogens (primary N) is 1. The Balaban J connectivity index is 0.00000205. The molecule has 2 aliphatic heterocycles. The first-order chi connectivity index (χ1) is 18.7. The summed E-state index contributed by atoms with van der Waals surface area (Å²) in [6.07, 6.45) is 6.15. The predicted molar refractivity (Wildman–Crippen MR) is 165 cm³/mol. The van der Waals surface area contributed by atoms with Gasteiger partial charge in [0.1, 0.15) is 6.23 Å². The molecule has 39 heavy (non-hydrogen) atoms. The summed E-state index contributed by atoms with van der Waals surface area (Å²) in [5.41, 5.74) is 10.3. The molecule has 4 rings (SSSR count). The molecule has 3 unspecified atom stereocenters. The molecule has 1 aromatic carbocycles. The van der Waals surface area contributed by atoms with Crippen molar-refractivity contribution in [3.63, 3.8) is 0 Å². The summed E-state index contributed by atoms with van der Waals surface area (Å²) >= 11 is 13.7. The molecule has 2 saturated heterocycles. The normalized spacial score (nSPS) is 24.2. The van der Waals surface area contributed by atoms with Crippen LogP contribution in [0, 0.1) is 11.8 Å². The van der Waals surface area contributed by atoms with E-state index in [0.29, 0.717) is 50.1 Å². The minimum absolute atomic E-state index is 0.0565. The number of alkyl halides is 1. The summed E-state index contributed by atoms with van der Waals surface area (Å²) < 4.78 is 1.03. The lowest BCUT2D eigenvalue weighted by atomic mass is 9.76. The van der Waals surface area contributed by atoms with Crippen LogP contribution in [0.3, 0.4) is 0 Å². The van der Waals surface area contributed by atoms with Crippen molar-refractivity contribution < 1.29 is 14.7 Å². The van der Waals surface area contributed by atoms with Crippen molar-refractivity contribution in [2.75, 3.05) is 25.0 Å². The van der Waals surface area contributed by atoms with Gasteiger partial charge in [-0.1, -0.05) is 49.0 Å². The zero-order valence-corrected chi connectivity index (χ0v) is 26.5. The lowest BCUT2D eigenvalue weighted by Crippen LogP contribution is -2.49. The highest BCUT2D eigenvalue weighted by Gasteiger charge is 2.37. The van der Waals surface area contributed by atoms with Gasteiger partial charge in [0.05, 0.1) is 0 Å². The SMILES string of the molecule is C=C.CC1=C(N=CCBr)C(C2CCN(C(=O)CC3CCN(C(N)=O)C(O)C3)CC2)c2c(Br)cc(Cl)cc2CC1. The van der Waals surface area contributed by atoms with E-state index in [1.165, 1.54) is 21.6 Å². The van der Waals surface area contributed by atoms with E-state index in [4.69, 9.17) is 22.3 Å². The van der Waals surface area contributed by atoms with Gasteiger partial charge < -0.3 is 15.7 Å². The quantitative estimate of drug-likeness (QED) is 0.213. The summed E-state index contributed by atoms with van der Waals surface area (Å²) in [6, 6.07) is 3.46. The Morgan fingerprint density at radius 1 is 1.21 bits per heavy atom. The third kappa shape index (κ3) is 7.75. The number of rotatable bonds is 5. The molecule has 3 N–H and O–H groups in total. The predicted octanol–water partition coefficient (Wildman–Crippen LogP) is 6.41. The number of aliphatic hydroxyl groups excluding tert-OH is 1. The summed E-state index contributed by atoms with van der Waals surface area (Å²) in [5, 5.41) is 11.7. The fraction of sp³-hybridized carbons (Fsp3) is 0.552. The number of likely N-dealkylation sites (tertiary alicyclic amines) is 2. The van der Waals surface area contributed by atoms with Gasteiger partial charge in [0.15, 0.2) is 0 Å². The number of carbonyl (C=O) groups is 2. The lowest BCUT2D eigenvalue weighted by molar-refractivity contribution is -0.134. The molecule has 0 saturated carbocycles. The van der Waals surface area contributed by atoms with Crippen LogP contribution >= 0.6 is 43.5 Å². The molecule has 0 aromatic heterocycles. The van der Waals surface area contributed by atoms with Gasteiger partial charge in [-0.2, -0.15) is 0 Å². The molecule has 1 aromatic rings. The second-order valence-corrected chi connectivity index (χ2v) is 12.3. The van der Waals surface area contributed by atoms with Crippen LogP contribution in [-0.4, -0.2) is 64.3 Å². The third-order valence-corrected chi connectivity index (χ3v) is 9.25. The van der Waals surface area contributed by atoms with E-state index >= 15 is 0 Å². The number of piperidine rings is 2. The molecular formula is C29H39Br2ClN4O3. The Hall–Kier alpha value is -1.68. The van der Waals surface area contributed by atoms with E-state index < -0.39 is 12.3 Å². The van der Waals surface area contributed by atoms with Gasteiger partial charge >= 0.3 is 6.03 Å². The summed E-state index contributed by atoms with van der Waals surface area (Å²) in [4.78, 5) is 32.8. The molecule has 0 spiro atoms. The minimum atomic E-state index is -0.912. The van der Waals surface area contributed by atoms with Crippen LogP contribution in [-0.2, 0) is 11.2 Å². The number of aryl methyl sites for hydroxylation is 1. The molecule has 2 heterocycles. The number of allylic oxidation sites excluding steroid dienone is 2. The van der Waals surface area contributed by atoms with Gasteiger partial charge in [-0.3, -0.25) is 14.7 Å². The van der Waals surface area contributed by atoms with Crippen molar-refractivity contribution in [1.29, 1.82) is 0 Å². The highest BCUT2D eigenvalue weighted by Crippen LogP contribution is 2.47. The van der Waals surface area contributed by atoms with Crippen LogP contribution in [0.15, 0.2) is 46.0 Å². The molecule has 0 bridgehead atoms. The zero-order valence-electron chi connectivity index (χ0n) is 22.6. The fourth-order valence-corrected chi connectivity index (χ4v) is 7.41. The van der Waals surface area contributed by atoms with Crippen molar-refractivity contribution in [1.82, 2.24) is 9.80 Å². The molecule has 3 aliphatic rings. The fourth-order valence-electron chi connectivity index (χ4n) is 6.14. The number of aliphatic hydroxyl groups is 1. The zero-order chi connectivity index (χ0) is 28.7. The van der Waals surface area contributed by atoms with Gasteiger partial charge in [0, 0.05) is 58.7 Å². The van der Waals surface area contributed by atoms with Gasteiger partial charge in [-0.05, 0) is 80.5 Å². The van der Waals surface area contributed by atoms with Gasteiger partial charge in [-0.15, -0.1) is 13.2 Å². The Morgan fingerprint density at radius 3 is 2.51 bits per heavy atom. The van der Waals surface area contributed by atoms with Crippen LogP contribution in [0.2, 0.25) is 5.02 Å². The number of benzene rings is 1. The molecular weight excluding hydrogens is 648 g/mol. The lowest BCUT2D eigenvalue weighted by Gasteiger charge is -2.39. The second kappa shape index (κ2) is 14.8. The maximum Gasteiger partial charge on any atom is 0.316 e. The molecule has 7 nitrogen and oxygen atoms in total. The Kier molecular flexibility index (Phi) is 12.1. The number of fused-ring (bicyclic) bond motifs is 1.